The Balaban J connectivity index is 3.39. The molecule has 0 radical (unpaired) electrons. The summed E-state index contributed by atoms with van der Waals surface area (Å²) < 4.78 is 52.7. The second kappa shape index (κ2) is 9.98. The first-order chi connectivity index (χ1) is 13.6. The molecule has 0 saturated heterocycles. The van der Waals surface area contributed by atoms with Crippen molar-refractivity contribution in [2.24, 2.45) is 17.1 Å². The van der Waals surface area contributed by atoms with Gasteiger partial charge in [0.1, 0.15) is 11.2 Å². The van der Waals surface area contributed by atoms with E-state index in [1.54, 1.807) is 6.92 Å². The fourth-order valence-corrected chi connectivity index (χ4v) is 3.67. The van der Waals surface area contributed by atoms with E-state index >= 15 is 0 Å². The SMILES string of the molecule is C/C(=C\C=C/CC(C)[C@@](C#N)(c1cc(Cl)ccc1F)[C@@H](N)CC(C)(C)C)C(F)(F)F. The summed E-state index contributed by atoms with van der Waals surface area (Å²) >= 11 is 6.08. The van der Waals surface area contributed by atoms with E-state index in [4.69, 9.17) is 17.3 Å². The molecule has 166 valence electrons. The monoisotopic (exact) mass is 444 g/mol. The summed E-state index contributed by atoms with van der Waals surface area (Å²) in [5.74, 6) is -1.07. The van der Waals surface area contributed by atoms with Gasteiger partial charge in [-0.05, 0) is 49.3 Å². The quantitative estimate of drug-likeness (QED) is 0.360. The van der Waals surface area contributed by atoms with Crippen molar-refractivity contribution >= 4 is 11.6 Å². The van der Waals surface area contributed by atoms with Crippen molar-refractivity contribution in [2.45, 2.75) is 65.1 Å². The van der Waals surface area contributed by atoms with E-state index in [2.05, 4.69) is 6.07 Å². The highest BCUT2D eigenvalue weighted by molar-refractivity contribution is 6.30. The van der Waals surface area contributed by atoms with Crippen molar-refractivity contribution < 1.29 is 17.6 Å². The number of hydrogen-bond donors (Lipinski definition) is 1. The molecule has 2 N–H and O–H groups in total. The van der Waals surface area contributed by atoms with Crippen molar-refractivity contribution in [3.05, 3.63) is 58.4 Å². The fourth-order valence-electron chi connectivity index (χ4n) is 3.49. The van der Waals surface area contributed by atoms with E-state index < -0.39 is 34.9 Å². The van der Waals surface area contributed by atoms with E-state index in [-0.39, 0.29) is 22.4 Å². The minimum Gasteiger partial charge on any atom is -0.326 e. The van der Waals surface area contributed by atoms with E-state index in [1.807, 2.05) is 20.8 Å². The molecule has 0 amide bonds. The van der Waals surface area contributed by atoms with Gasteiger partial charge in [0.25, 0.3) is 0 Å². The molecule has 0 bridgehead atoms. The summed E-state index contributed by atoms with van der Waals surface area (Å²) in [6.07, 6.45) is 0.0805. The predicted molar refractivity (Wildman–Crippen MR) is 113 cm³/mol. The van der Waals surface area contributed by atoms with Crippen LogP contribution in [0.3, 0.4) is 0 Å². The van der Waals surface area contributed by atoms with Crippen LogP contribution in [0.2, 0.25) is 5.02 Å². The van der Waals surface area contributed by atoms with Crippen molar-refractivity contribution in [3.8, 4) is 6.07 Å². The number of nitrogens with zero attached hydrogens (tertiary/aromatic N) is 1. The third kappa shape index (κ3) is 6.58. The van der Waals surface area contributed by atoms with Crippen LogP contribution in [0.15, 0.2) is 42.0 Å². The van der Waals surface area contributed by atoms with Gasteiger partial charge in [-0.1, -0.05) is 57.5 Å². The second-order valence-corrected chi connectivity index (χ2v) is 9.33. The Morgan fingerprint density at radius 3 is 2.37 bits per heavy atom. The Hall–Kier alpha value is -1.84. The number of rotatable bonds is 7. The molecule has 0 heterocycles. The molecule has 0 aliphatic rings. The Labute approximate surface area is 181 Å². The molecule has 0 spiro atoms. The normalized spacial score (nSPS) is 17.5. The van der Waals surface area contributed by atoms with Crippen LogP contribution in [0.5, 0.6) is 0 Å². The maximum absolute atomic E-state index is 14.8. The van der Waals surface area contributed by atoms with Crippen molar-refractivity contribution in [3.63, 3.8) is 0 Å². The van der Waals surface area contributed by atoms with Gasteiger partial charge < -0.3 is 5.73 Å². The average Bonchev–Trinajstić information content (AvgIpc) is 2.60. The highest BCUT2D eigenvalue weighted by Gasteiger charge is 2.46. The number of hydrogen-bond acceptors (Lipinski definition) is 2. The van der Waals surface area contributed by atoms with Gasteiger partial charge in [-0.3, -0.25) is 0 Å². The third-order valence-corrected chi connectivity index (χ3v) is 5.41. The van der Waals surface area contributed by atoms with E-state index in [0.717, 1.165) is 13.0 Å². The zero-order valence-electron chi connectivity index (χ0n) is 17.9. The molecular formula is C23H29ClF4N2. The van der Waals surface area contributed by atoms with Crippen LogP contribution in [-0.4, -0.2) is 12.2 Å². The zero-order valence-corrected chi connectivity index (χ0v) is 18.7. The maximum atomic E-state index is 14.8. The van der Waals surface area contributed by atoms with E-state index in [9.17, 15) is 22.8 Å². The van der Waals surface area contributed by atoms with E-state index in [0.29, 0.717) is 6.42 Å². The molecule has 3 atom stereocenters. The smallest absolute Gasteiger partial charge is 0.326 e. The molecule has 1 rings (SSSR count). The van der Waals surface area contributed by atoms with Crippen molar-refractivity contribution in [2.75, 3.05) is 0 Å². The van der Waals surface area contributed by atoms with Gasteiger partial charge in [0.05, 0.1) is 6.07 Å². The zero-order chi connectivity index (χ0) is 23.3. The summed E-state index contributed by atoms with van der Waals surface area (Å²) in [7, 11) is 0. The topological polar surface area (TPSA) is 49.8 Å². The van der Waals surface area contributed by atoms with Gasteiger partial charge in [0.15, 0.2) is 0 Å². The number of alkyl halides is 3. The number of allylic oxidation sites excluding steroid dienone is 4. The molecule has 0 aliphatic carbocycles. The van der Waals surface area contributed by atoms with Crippen LogP contribution < -0.4 is 5.73 Å². The average molecular weight is 445 g/mol. The molecule has 7 heteroatoms. The standard InChI is InChI=1S/C23H29ClF4N2/c1-15(8-6-7-9-16(2)23(26,27)28)22(14-29,20(30)13-21(3,4)5)18-12-17(24)10-11-19(18)25/h6-7,9-12,15,20H,8,13,30H2,1-5H3/b7-6-,16-9+/t15?,20-,22-/m0/s1. The lowest BCUT2D eigenvalue weighted by atomic mass is 9.63. The molecule has 0 aromatic heterocycles. The summed E-state index contributed by atoms with van der Waals surface area (Å²) in [6.45, 7) is 8.64. The lowest BCUT2D eigenvalue weighted by Gasteiger charge is -2.41. The number of nitriles is 1. The molecule has 1 aromatic carbocycles. The molecule has 2 nitrogen and oxygen atoms in total. The molecule has 1 unspecified atom stereocenters. The van der Waals surface area contributed by atoms with Crippen LogP contribution in [0.1, 0.15) is 53.0 Å². The minimum absolute atomic E-state index is 0.108. The van der Waals surface area contributed by atoms with Crippen LogP contribution in [0, 0.1) is 28.5 Å². The van der Waals surface area contributed by atoms with Crippen molar-refractivity contribution in [1.29, 1.82) is 5.26 Å². The lowest BCUT2D eigenvalue weighted by molar-refractivity contribution is -0.0913. The number of benzene rings is 1. The summed E-state index contributed by atoms with van der Waals surface area (Å²) in [5, 5.41) is 10.5. The van der Waals surface area contributed by atoms with Gasteiger partial charge in [-0.2, -0.15) is 18.4 Å². The Bertz CT molecular complexity index is 831. The first kappa shape index (κ1) is 26.2. The number of halogens is 5. The minimum atomic E-state index is -4.40. The molecule has 1 aromatic rings. The highest BCUT2D eigenvalue weighted by Crippen LogP contribution is 2.42. The van der Waals surface area contributed by atoms with Gasteiger partial charge in [0.2, 0.25) is 0 Å². The van der Waals surface area contributed by atoms with Gasteiger partial charge in [0, 0.05) is 22.2 Å². The maximum Gasteiger partial charge on any atom is 0.412 e. The van der Waals surface area contributed by atoms with Crippen LogP contribution in [0.4, 0.5) is 17.6 Å². The molecule has 0 saturated carbocycles. The Kier molecular flexibility index (Phi) is 8.71. The fraction of sp³-hybridized carbons (Fsp3) is 0.522. The highest BCUT2D eigenvalue weighted by atomic mass is 35.5. The van der Waals surface area contributed by atoms with Crippen LogP contribution >= 0.6 is 11.6 Å². The largest absolute Gasteiger partial charge is 0.412 e. The van der Waals surface area contributed by atoms with Gasteiger partial charge >= 0.3 is 6.18 Å². The lowest BCUT2D eigenvalue weighted by Crippen LogP contribution is -2.51. The summed E-state index contributed by atoms with van der Waals surface area (Å²) in [4.78, 5) is 0. The Morgan fingerprint density at radius 1 is 1.27 bits per heavy atom. The third-order valence-electron chi connectivity index (χ3n) is 5.17. The molecule has 0 fully saturated rings. The first-order valence-electron chi connectivity index (χ1n) is 9.68. The molecule has 30 heavy (non-hydrogen) atoms. The van der Waals surface area contributed by atoms with Gasteiger partial charge in [-0.25, -0.2) is 4.39 Å². The van der Waals surface area contributed by atoms with Crippen molar-refractivity contribution in [1.82, 2.24) is 0 Å². The predicted octanol–water partition coefficient (Wildman–Crippen LogP) is 7.09. The van der Waals surface area contributed by atoms with Crippen LogP contribution in [0.25, 0.3) is 0 Å². The summed E-state index contributed by atoms with van der Waals surface area (Å²) in [6, 6.07) is 5.54. The Morgan fingerprint density at radius 2 is 1.87 bits per heavy atom. The summed E-state index contributed by atoms with van der Waals surface area (Å²) in [5.41, 5.74) is 4.24. The molecule has 0 aliphatic heterocycles. The van der Waals surface area contributed by atoms with Crippen LogP contribution in [-0.2, 0) is 5.41 Å². The number of nitrogens with two attached hydrogens (primary N) is 1. The molecular weight excluding hydrogens is 416 g/mol. The van der Waals surface area contributed by atoms with Gasteiger partial charge in [-0.15, -0.1) is 0 Å². The van der Waals surface area contributed by atoms with E-state index in [1.165, 1.54) is 30.4 Å². The first-order valence-corrected chi connectivity index (χ1v) is 10.1. The second-order valence-electron chi connectivity index (χ2n) is 8.89.